The topological polar surface area (TPSA) is 43.8 Å². The quantitative estimate of drug-likeness (QED) is 0.918. The molecular formula is C18H25N3. The summed E-state index contributed by atoms with van der Waals surface area (Å²) in [6.45, 7) is 2.14. The Balaban J connectivity index is 1.90. The molecule has 0 radical (unpaired) electrons. The molecule has 21 heavy (non-hydrogen) atoms. The molecule has 1 aliphatic carbocycles. The highest BCUT2D eigenvalue weighted by molar-refractivity contribution is 5.78. The number of hydrogen-bond donors (Lipinski definition) is 1. The maximum absolute atomic E-state index is 6.29. The van der Waals surface area contributed by atoms with Gasteiger partial charge in [0.25, 0.3) is 0 Å². The zero-order valence-corrected chi connectivity index (χ0v) is 13.1. The first-order valence-electron chi connectivity index (χ1n) is 8.04. The van der Waals surface area contributed by atoms with E-state index in [9.17, 15) is 0 Å². The van der Waals surface area contributed by atoms with E-state index >= 15 is 0 Å². The van der Waals surface area contributed by atoms with Crippen LogP contribution in [0.25, 0.3) is 11.1 Å². The molecule has 1 aromatic heterocycles. The smallest absolute Gasteiger partial charge is 0.129 e. The summed E-state index contributed by atoms with van der Waals surface area (Å²) in [5.41, 5.74) is 11.1. The van der Waals surface area contributed by atoms with Gasteiger partial charge in [-0.3, -0.25) is 4.68 Å². The summed E-state index contributed by atoms with van der Waals surface area (Å²) < 4.78 is 1.83. The van der Waals surface area contributed by atoms with Crippen molar-refractivity contribution in [3.63, 3.8) is 0 Å². The molecule has 0 spiro atoms. The van der Waals surface area contributed by atoms with Crippen LogP contribution in [0.1, 0.15) is 43.4 Å². The maximum atomic E-state index is 6.29. The molecule has 2 aromatic rings. The van der Waals surface area contributed by atoms with Gasteiger partial charge in [0.15, 0.2) is 0 Å². The highest BCUT2D eigenvalue weighted by atomic mass is 15.3. The Morgan fingerprint density at radius 2 is 1.95 bits per heavy atom. The van der Waals surface area contributed by atoms with Gasteiger partial charge in [-0.25, -0.2) is 0 Å². The van der Waals surface area contributed by atoms with Crippen LogP contribution in [-0.2, 0) is 13.5 Å². The van der Waals surface area contributed by atoms with Crippen molar-refractivity contribution < 1.29 is 0 Å². The van der Waals surface area contributed by atoms with Gasteiger partial charge in [0.05, 0.1) is 5.69 Å². The van der Waals surface area contributed by atoms with E-state index in [1.165, 1.54) is 43.2 Å². The van der Waals surface area contributed by atoms with Crippen molar-refractivity contribution >= 4 is 5.82 Å². The zero-order chi connectivity index (χ0) is 14.8. The van der Waals surface area contributed by atoms with Gasteiger partial charge < -0.3 is 5.73 Å². The molecule has 3 rings (SSSR count). The molecule has 0 aliphatic heterocycles. The summed E-state index contributed by atoms with van der Waals surface area (Å²) in [7, 11) is 1.94. The maximum Gasteiger partial charge on any atom is 0.129 e. The van der Waals surface area contributed by atoms with Gasteiger partial charge in [-0.2, -0.15) is 5.10 Å². The monoisotopic (exact) mass is 283 g/mol. The van der Waals surface area contributed by atoms with Gasteiger partial charge in [-0.1, -0.05) is 49.9 Å². The van der Waals surface area contributed by atoms with Crippen molar-refractivity contribution in [2.24, 2.45) is 13.0 Å². The Bertz CT molecular complexity index is 621. The lowest BCUT2D eigenvalue weighted by atomic mass is 9.95. The SMILES string of the molecule is Cc1ccccc1-c1c(CCC2CCCC2)nn(C)c1N. The molecule has 0 saturated heterocycles. The lowest BCUT2D eigenvalue weighted by Gasteiger charge is -2.10. The molecule has 1 heterocycles. The van der Waals surface area contributed by atoms with Crippen molar-refractivity contribution in [1.29, 1.82) is 0 Å². The van der Waals surface area contributed by atoms with Crippen LogP contribution in [-0.4, -0.2) is 9.78 Å². The minimum Gasteiger partial charge on any atom is -0.383 e. The molecule has 0 bridgehead atoms. The number of aromatic nitrogens is 2. The van der Waals surface area contributed by atoms with Crippen LogP contribution in [0, 0.1) is 12.8 Å². The number of nitrogen functional groups attached to an aromatic ring is 1. The van der Waals surface area contributed by atoms with Gasteiger partial charge in [0.2, 0.25) is 0 Å². The minimum atomic E-state index is 0.783. The largest absolute Gasteiger partial charge is 0.383 e. The second kappa shape index (κ2) is 5.92. The van der Waals surface area contributed by atoms with Crippen LogP contribution in [0.2, 0.25) is 0 Å². The summed E-state index contributed by atoms with van der Waals surface area (Å²) in [6.07, 6.45) is 7.87. The van der Waals surface area contributed by atoms with Gasteiger partial charge in [0, 0.05) is 12.6 Å². The number of hydrogen-bond acceptors (Lipinski definition) is 2. The summed E-state index contributed by atoms with van der Waals surface area (Å²) in [5.74, 6) is 1.67. The Kier molecular flexibility index (Phi) is 4.00. The third-order valence-electron chi connectivity index (χ3n) is 4.84. The van der Waals surface area contributed by atoms with E-state index in [0.29, 0.717) is 0 Å². The first-order valence-corrected chi connectivity index (χ1v) is 8.04. The van der Waals surface area contributed by atoms with E-state index in [4.69, 9.17) is 5.73 Å². The third-order valence-corrected chi connectivity index (χ3v) is 4.84. The number of benzene rings is 1. The van der Waals surface area contributed by atoms with Crippen molar-refractivity contribution in [2.45, 2.75) is 45.4 Å². The molecule has 1 saturated carbocycles. The first kappa shape index (κ1) is 14.2. The fourth-order valence-electron chi connectivity index (χ4n) is 3.56. The van der Waals surface area contributed by atoms with Crippen molar-refractivity contribution in [3.8, 4) is 11.1 Å². The molecule has 1 aromatic carbocycles. The Hall–Kier alpha value is -1.77. The molecule has 0 unspecified atom stereocenters. The standard InChI is InChI=1S/C18H25N3/c1-13-7-3-6-10-15(13)17-16(20-21(2)18(17)19)12-11-14-8-4-5-9-14/h3,6-7,10,14H,4-5,8-9,11-12,19H2,1-2H3. The van der Waals surface area contributed by atoms with Gasteiger partial charge in [-0.05, 0) is 36.8 Å². The van der Waals surface area contributed by atoms with Crippen molar-refractivity contribution in [2.75, 3.05) is 5.73 Å². The van der Waals surface area contributed by atoms with Crippen LogP contribution >= 0.6 is 0 Å². The summed E-state index contributed by atoms with van der Waals surface area (Å²) in [4.78, 5) is 0. The fourth-order valence-corrected chi connectivity index (χ4v) is 3.56. The fraction of sp³-hybridized carbons (Fsp3) is 0.500. The Labute approximate surface area is 127 Å². The molecule has 0 atom stereocenters. The van der Waals surface area contributed by atoms with Crippen LogP contribution in [0.4, 0.5) is 5.82 Å². The molecule has 2 N–H and O–H groups in total. The van der Waals surface area contributed by atoms with Crippen LogP contribution in [0.3, 0.4) is 0 Å². The number of aryl methyl sites for hydroxylation is 3. The second-order valence-corrected chi connectivity index (χ2v) is 6.33. The Morgan fingerprint density at radius 3 is 2.67 bits per heavy atom. The van der Waals surface area contributed by atoms with Crippen molar-refractivity contribution in [3.05, 3.63) is 35.5 Å². The predicted octanol–water partition coefficient (Wildman–Crippen LogP) is 4.10. The van der Waals surface area contributed by atoms with E-state index in [-0.39, 0.29) is 0 Å². The molecule has 1 fully saturated rings. The molecule has 3 nitrogen and oxygen atoms in total. The van der Waals surface area contributed by atoms with Crippen LogP contribution in [0.15, 0.2) is 24.3 Å². The summed E-state index contributed by atoms with van der Waals surface area (Å²) in [5, 5.41) is 4.68. The summed E-state index contributed by atoms with van der Waals surface area (Å²) in [6, 6.07) is 8.45. The third kappa shape index (κ3) is 2.82. The van der Waals surface area contributed by atoms with E-state index in [2.05, 4.69) is 36.3 Å². The average molecular weight is 283 g/mol. The lowest BCUT2D eigenvalue weighted by Crippen LogP contribution is -1.99. The molecular weight excluding hydrogens is 258 g/mol. The number of nitrogens with zero attached hydrogens (tertiary/aromatic N) is 2. The number of nitrogens with two attached hydrogens (primary N) is 1. The van der Waals surface area contributed by atoms with Crippen LogP contribution in [0.5, 0.6) is 0 Å². The molecule has 3 heteroatoms. The molecule has 112 valence electrons. The van der Waals surface area contributed by atoms with E-state index < -0.39 is 0 Å². The minimum absolute atomic E-state index is 0.783. The highest BCUT2D eigenvalue weighted by Gasteiger charge is 2.20. The van der Waals surface area contributed by atoms with Gasteiger partial charge in [0.1, 0.15) is 5.82 Å². The zero-order valence-electron chi connectivity index (χ0n) is 13.1. The second-order valence-electron chi connectivity index (χ2n) is 6.33. The van der Waals surface area contributed by atoms with Crippen molar-refractivity contribution in [1.82, 2.24) is 9.78 Å². The summed E-state index contributed by atoms with van der Waals surface area (Å²) >= 11 is 0. The lowest BCUT2D eigenvalue weighted by molar-refractivity contribution is 0.499. The number of rotatable bonds is 4. The van der Waals surface area contributed by atoms with Gasteiger partial charge in [-0.15, -0.1) is 0 Å². The highest BCUT2D eigenvalue weighted by Crippen LogP contribution is 2.34. The van der Waals surface area contributed by atoms with Crippen LogP contribution < -0.4 is 5.73 Å². The predicted molar refractivity (Wildman–Crippen MR) is 88.1 cm³/mol. The number of anilines is 1. The Morgan fingerprint density at radius 1 is 1.24 bits per heavy atom. The normalized spacial score (nSPS) is 15.7. The average Bonchev–Trinajstić information content (AvgIpc) is 3.08. The molecule has 0 amide bonds. The first-order chi connectivity index (χ1) is 10.2. The van der Waals surface area contributed by atoms with Gasteiger partial charge >= 0.3 is 0 Å². The van der Waals surface area contributed by atoms with E-state index in [1.54, 1.807) is 0 Å². The van der Waals surface area contributed by atoms with E-state index in [1.807, 2.05) is 11.7 Å². The molecule has 1 aliphatic rings. The van der Waals surface area contributed by atoms with E-state index in [0.717, 1.165) is 29.4 Å².